The maximum absolute atomic E-state index is 12.6. The van der Waals surface area contributed by atoms with Crippen LogP contribution in [0.5, 0.6) is 5.75 Å². The number of rotatable bonds is 6. The maximum Gasteiger partial charge on any atom is 0.340 e. The molecule has 3 rings (SSSR count). The second kappa shape index (κ2) is 8.18. The van der Waals surface area contributed by atoms with Gasteiger partial charge in [-0.2, -0.15) is 0 Å². The number of benzene rings is 2. The SMILES string of the molecule is COc1cc(C)cc2oc(=O)c(CC(=O)N[C@H](C(=O)O)c3ccccc3)c(C)c12. The Morgan fingerprint density at radius 3 is 2.48 bits per heavy atom. The first-order chi connectivity index (χ1) is 13.8. The van der Waals surface area contributed by atoms with Crippen molar-refractivity contribution in [2.45, 2.75) is 26.3 Å². The van der Waals surface area contributed by atoms with E-state index in [0.717, 1.165) is 5.56 Å². The molecule has 2 N–H and O–H groups in total. The van der Waals surface area contributed by atoms with Gasteiger partial charge < -0.3 is 19.6 Å². The Morgan fingerprint density at radius 2 is 1.86 bits per heavy atom. The standard InChI is InChI=1S/C22H21NO6/c1-12-9-16(28-3)19-13(2)15(22(27)29-17(19)10-12)11-18(24)23-20(21(25)26)14-7-5-4-6-8-14/h4-10,20H,11H2,1-3H3,(H,23,24)(H,25,26)/t20-/m0/s1. The van der Waals surface area contributed by atoms with Crippen molar-refractivity contribution in [2.24, 2.45) is 0 Å². The molecule has 0 saturated heterocycles. The van der Waals surface area contributed by atoms with Gasteiger partial charge in [0.1, 0.15) is 11.3 Å². The van der Waals surface area contributed by atoms with E-state index in [2.05, 4.69) is 5.32 Å². The highest BCUT2D eigenvalue weighted by Gasteiger charge is 2.24. The molecule has 1 atom stereocenters. The quantitative estimate of drug-likeness (QED) is 0.622. The van der Waals surface area contributed by atoms with Crippen molar-refractivity contribution in [3.05, 3.63) is 75.1 Å². The molecule has 1 aromatic heterocycles. The van der Waals surface area contributed by atoms with Crippen LogP contribution in [0, 0.1) is 13.8 Å². The van der Waals surface area contributed by atoms with E-state index < -0.39 is 23.5 Å². The molecule has 1 heterocycles. The Kier molecular flexibility index (Phi) is 5.68. The van der Waals surface area contributed by atoms with Gasteiger partial charge in [-0.05, 0) is 42.7 Å². The summed E-state index contributed by atoms with van der Waals surface area (Å²) in [6.45, 7) is 3.57. The second-order valence-corrected chi connectivity index (χ2v) is 6.76. The minimum absolute atomic E-state index is 0.161. The van der Waals surface area contributed by atoms with Crippen LogP contribution >= 0.6 is 0 Å². The number of aryl methyl sites for hydroxylation is 2. The van der Waals surface area contributed by atoms with Crippen LogP contribution in [0.15, 0.2) is 51.7 Å². The first kappa shape index (κ1) is 20.1. The molecule has 0 aliphatic rings. The minimum Gasteiger partial charge on any atom is -0.496 e. The fourth-order valence-corrected chi connectivity index (χ4v) is 3.31. The summed E-state index contributed by atoms with van der Waals surface area (Å²) >= 11 is 0. The number of ether oxygens (including phenoxy) is 1. The second-order valence-electron chi connectivity index (χ2n) is 6.76. The molecule has 7 heteroatoms. The molecule has 29 heavy (non-hydrogen) atoms. The van der Waals surface area contributed by atoms with E-state index in [1.54, 1.807) is 43.3 Å². The monoisotopic (exact) mass is 395 g/mol. The molecule has 1 amide bonds. The van der Waals surface area contributed by atoms with E-state index >= 15 is 0 Å². The van der Waals surface area contributed by atoms with Gasteiger partial charge in [0, 0.05) is 0 Å². The molecular formula is C22H21NO6. The number of aliphatic carboxylic acids is 1. The lowest BCUT2D eigenvalue weighted by molar-refractivity contribution is -0.142. The van der Waals surface area contributed by atoms with E-state index in [0.29, 0.717) is 27.8 Å². The van der Waals surface area contributed by atoms with Crippen LogP contribution in [0.2, 0.25) is 0 Å². The molecule has 3 aromatic rings. The van der Waals surface area contributed by atoms with E-state index in [-0.39, 0.29) is 12.0 Å². The van der Waals surface area contributed by atoms with Gasteiger partial charge in [0.05, 0.1) is 24.5 Å². The van der Waals surface area contributed by atoms with Gasteiger partial charge >= 0.3 is 11.6 Å². The number of nitrogens with one attached hydrogen (secondary N) is 1. The Morgan fingerprint density at radius 1 is 1.17 bits per heavy atom. The van der Waals surface area contributed by atoms with Crippen LogP contribution in [0.3, 0.4) is 0 Å². The summed E-state index contributed by atoms with van der Waals surface area (Å²) < 4.78 is 10.8. The van der Waals surface area contributed by atoms with E-state index in [4.69, 9.17) is 9.15 Å². The van der Waals surface area contributed by atoms with Crippen LogP contribution in [-0.4, -0.2) is 24.1 Å². The van der Waals surface area contributed by atoms with Gasteiger partial charge in [-0.25, -0.2) is 9.59 Å². The predicted octanol–water partition coefficient (Wildman–Crippen LogP) is 2.90. The van der Waals surface area contributed by atoms with Crippen molar-refractivity contribution < 1.29 is 23.8 Å². The van der Waals surface area contributed by atoms with Crippen LogP contribution in [0.25, 0.3) is 11.0 Å². The van der Waals surface area contributed by atoms with E-state index in [1.165, 1.54) is 7.11 Å². The zero-order valence-electron chi connectivity index (χ0n) is 16.3. The van der Waals surface area contributed by atoms with Gasteiger partial charge in [-0.15, -0.1) is 0 Å². The Hall–Kier alpha value is -3.61. The van der Waals surface area contributed by atoms with Crippen LogP contribution in [0.1, 0.15) is 28.3 Å². The Balaban J connectivity index is 1.95. The van der Waals surface area contributed by atoms with Crippen molar-refractivity contribution in [2.75, 3.05) is 7.11 Å². The summed E-state index contributed by atoms with van der Waals surface area (Å²) in [6.07, 6.45) is -0.308. The number of methoxy groups -OCH3 is 1. The molecule has 2 aromatic carbocycles. The number of hydrogen-bond acceptors (Lipinski definition) is 5. The highest BCUT2D eigenvalue weighted by Crippen LogP contribution is 2.30. The van der Waals surface area contributed by atoms with Crippen molar-refractivity contribution >= 4 is 22.8 Å². The number of hydrogen-bond donors (Lipinski definition) is 2. The summed E-state index contributed by atoms with van der Waals surface area (Å²) in [4.78, 5) is 36.7. The third-order valence-electron chi connectivity index (χ3n) is 4.73. The molecule has 0 spiro atoms. The molecule has 7 nitrogen and oxygen atoms in total. The first-order valence-electron chi connectivity index (χ1n) is 9.00. The topological polar surface area (TPSA) is 106 Å². The molecule has 0 saturated carbocycles. The summed E-state index contributed by atoms with van der Waals surface area (Å²) in [6, 6.07) is 10.7. The molecular weight excluding hydrogens is 374 g/mol. The molecule has 0 fully saturated rings. The normalized spacial score (nSPS) is 11.8. The average Bonchev–Trinajstić information content (AvgIpc) is 2.68. The lowest BCUT2D eigenvalue weighted by Gasteiger charge is -2.16. The molecule has 0 aliphatic heterocycles. The number of carbonyl (C=O) groups excluding carboxylic acids is 1. The highest BCUT2D eigenvalue weighted by molar-refractivity contribution is 5.90. The lowest BCUT2D eigenvalue weighted by Crippen LogP contribution is -2.35. The largest absolute Gasteiger partial charge is 0.496 e. The zero-order valence-corrected chi connectivity index (χ0v) is 16.3. The molecule has 150 valence electrons. The Labute approximate surface area is 166 Å². The van der Waals surface area contributed by atoms with E-state index in [1.807, 2.05) is 13.0 Å². The molecule has 0 unspecified atom stereocenters. The molecule has 0 bridgehead atoms. The third-order valence-corrected chi connectivity index (χ3v) is 4.73. The summed E-state index contributed by atoms with van der Waals surface area (Å²) in [5.41, 5.74) is 1.78. The van der Waals surface area contributed by atoms with Gasteiger partial charge in [-0.3, -0.25) is 4.79 Å². The smallest absolute Gasteiger partial charge is 0.340 e. The van der Waals surface area contributed by atoms with Crippen molar-refractivity contribution in [3.8, 4) is 5.75 Å². The number of amides is 1. The maximum atomic E-state index is 12.6. The average molecular weight is 395 g/mol. The van der Waals surface area contributed by atoms with Gasteiger partial charge in [0.2, 0.25) is 5.91 Å². The fourth-order valence-electron chi connectivity index (χ4n) is 3.31. The number of carbonyl (C=O) groups is 2. The number of carboxylic acid groups (broad SMARTS) is 1. The highest BCUT2D eigenvalue weighted by atomic mass is 16.5. The van der Waals surface area contributed by atoms with E-state index in [9.17, 15) is 19.5 Å². The summed E-state index contributed by atoms with van der Waals surface area (Å²) in [7, 11) is 1.52. The Bertz CT molecular complexity index is 1130. The lowest BCUT2D eigenvalue weighted by atomic mass is 10.0. The predicted molar refractivity (Wildman–Crippen MR) is 107 cm³/mol. The summed E-state index contributed by atoms with van der Waals surface area (Å²) in [5, 5.41) is 12.6. The minimum atomic E-state index is -1.21. The zero-order chi connectivity index (χ0) is 21.1. The first-order valence-corrected chi connectivity index (χ1v) is 9.00. The van der Waals surface area contributed by atoms with Gasteiger partial charge in [0.25, 0.3) is 0 Å². The van der Waals surface area contributed by atoms with Crippen LogP contribution in [-0.2, 0) is 16.0 Å². The molecule has 0 aliphatic carbocycles. The van der Waals surface area contributed by atoms with Crippen LogP contribution in [0.4, 0.5) is 0 Å². The van der Waals surface area contributed by atoms with Crippen molar-refractivity contribution in [3.63, 3.8) is 0 Å². The van der Waals surface area contributed by atoms with Gasteiger partial charge in [-0.1, -0.05) is 30.3 Å². The number of fused-ring (bicyclic) bond motifs is 1. The molecule has 0 radical (unpaired) electrons. The summed E-state index contributed by atoms with van der Waals surface area (Å²) in [5.74, 6) is -1.25. The fraction of sp³-hybridized carbons (Fsp3) is 0.227. The number of carboxylic acids is 1. The third kappa shape index (κ3) is 4.13. The van der Waals surface area contributed by atoms with Crippen molar-refractivity contribution in [1.82, 2.24) is 5.32 Å². The van der Waals surface area contributed by atoms with Gasteiger partial charge in [0.15, 0.2) is 6.04 Å². The van der Waals surface area contributed by atoms with Crippen LogP contribution < -0.4 is 15.7 Å². The van der Waals surface area contributed by atoms with Crippen molar-refractivity contribution in [1.29, 1.82) is 0 Å².